The number of hydrogen-bond acceptors (Lipinski definition) is 4. The van der Waals surface area contributed by atoms with Crippen LogP contribution in [0.15, 0.2) is 24.3 Å². The standard InChI is InChI=1S/C44H54N4S2/c1-5-7-9-11-13-15-17-19-21-23-25-33-27-39-38(42-36(33)29-40(49-42)35(31-45)32-46)28-34(26-24-22-20-18-16-14-12-10-8-6-2)37-30-41(50-43(37)39)44(47-3)48-4/h27-30H,5-26H2,1-2H3. The molecule has 2 heterocycles. The van der Waals surface area contributed by atoms with E-state index in [0.717, 1.165) is 60.3 Å². The second kappa shape index (κ2) is 21.5. The van der Waals surface area contributed by atoms with Gasteiger partial charge in [0.25, 0.3) is 0 Å². The third kappa shape index (κ3) is 10.7. The second-order valence-corrected chi connectivity index (χ2v) is 16.0. The van der Waals surface area contributed by atoms with Crippen molar-refractivity contribution in [2.24, 2.45) is 0 Å². The second-order valence-electron chi connectivity index (χ2n) is 13.9. The predicted molar refractivity (Wildman–Crippen MR) is 216 cm³/mol. The summed E-state index contributed by atoms with van der Waals surface area (Å²) in [7, 11) is 0. The Hall–Kier alpha value is -3.68. The van der Waals surface area contributed by atoms with Gasteiger partial charge in [0.2, 0.25) is 0 Å². The largest absolute Gasteiger partial charge is 0.536 e. The van der Waals surface area contributed by atoms with Crippen LogP contribution < -0.4 is 9.06 Å². The molecule has 4 aromatic rings. The van der Waals surface area contributed by atoms with Crippen LogP contribution in [-0.2, 0) is 12.8 Å². The molecule has 0 radical (unpaired) electrons. The van der Waals surface area contributed by atoms with Gasteiger partial charge in [-0.2, -0.15) is 20.2 Å². The number of nitriles is 2. The van der Waals surface area contributed by atoms with Crippen LogP contribution in [0.5, 0.6) is 0 Å². The van der Waals surface area contributed by atoms with E-state index in [0.29, 0.717) is 0 Å². The average Bonchev–Trinajstić information content (AvgIpc) is 3.78. The lowest BCUT2D eigenvalue weighted by Crippen LogP contribution is -1.95. The summed E-state index contributed by atoms with van der Waals surface area (Å²) in [6, 6.07) is 13.1. The number of rotatable bonds is 22. The molecule has 0 fully saturated rings. The van der Waals surface area contributed by atoms with Gasteiger partial charge in [-0.05, 0) is 71.8 Å². The molecule has 0 aliphatic heterocycles. The molecule has 0 bridgehead atoms. The fourth-order valence-electron chi connectivity index (χ4n) is 7.22. The van der Waals surface area contributed by atoms with Crippen LogP contribution in [0, 0.1) is 35.8 Å². The number of unbranched alkanes of at least 4 members (excludes halogenated alkanes) is 18. The molecule has 2 aromatic carbocycles. The minimum Gasteiger partial charge on any atom is -0.192 e. The molecule has 0 saturated carbocycles. The lowest BCUT2D eigenvalue weighted by atomic mass is 9.94. The zero-order chi connectivity index (χ0) is 35.6. The van der Waals surface area contributed by atoms with Gasteiger partial charge < -0.3 is 0 Å². The van der Waals surface area contributed by atoms with Crippen molar-refractivity contribution in [3.8, 4) is 12.1 Å². The van der Waals surface area contributed by atoms with Crippen LogP contribution in [-0.4, -0.2) is 0 Å². The van der Waals surface area contributed by atoms with Crippen molar-refractivity contribution < 1.29 is 0 Å². The summed E-state index contributed by atoms with van der Waals surface area (Å²) in [5, 5.41) is 24.1. The number of hydrogen-bond donors (Lipinski definition) is 0. The molecule has 50 heavy (non-hydrogen) atoms. The lowest BCUT2D eigenvalue weighted by Gasteiger charge is -2.12. The van der Waals surface area contributed by atoms with E-state index >= 15 is 0 Å². The molecule has 0 atom stereocenters. The van der Waals surface area contributed by atoms with Crippen LogP contribution in [0.1, 0.15) is 153 Å². The third-order valence-corrected chi connectivity index (χ3v) is 12.4. The topological polar surface area (TPSA) is 56.3 Å². The summed E-state index contributed by atoms with van der Waals surface area (Å²) in [6.45, 7) is 19.8. The molecule has 2 aromatic heterocycles. The molecule has 0 N–H and O–H groups in total. The number of thiophene rings is 2. The van der Waals surface area contributed by atoms with Crippen molar-refractivity contribution in [3.05, 3.63) is 67.3 Å². The van der Waals surface area contributed by atoms with E-state index in [1.54, 1.807) is 22.7 Å². The first kappa shape index (κ1) is 39.1. The van der Waals surface area contributed by atoms with E-state index in [9.17, 15) is 10.5 Å². The third-order valence-electron chi connectivity index (χ3n) is 10.1. The first-order valence-corrected chi connectivity index (χ1v) is 21.0. The van der Waals surface area contributed by atoms with E-state index in [2.05, 4.69) is 59.9 Å². The van der Waals surface area contributed by atoms with Crippen LogP contribution >= 0.6 is 22.7 Å². The molecule has 262 valence electrons. The highest BCUT2D eigenvalue weighted by molar-refractivity contribution is 7.19. The minimum atomic E-state index is 0.136. The Morgan fingerprint density at radius 1 is 0.520 bits per heavy atom. The number of nitrogens with zero attached hydrogens (tertiary/aromatic N) is 4. The van der Waals surface area contributed by atoms with Crippen LogP contribution in [0.4, 0.5) is 0 Å². The molecular weight excluding hydrogens is 649 g/mol. The summed E-state index contributed by atoms with van der Waals surface area (Å²) in [5.74, 6) is 0.136. The molecule has 6 heteroatoms. The molecule has 0 aliphatic carbocycles. The molecule has 0 spiro atoms. The Morgan fingerprint density at radius 2 is 0.880 bits per heavy atom. The minimum absolute atomic E-state index is 0.136. The van der Waals surface area contributed by atoms with Crippen molar-refractivity contribution in [2.45, 2.75) is 155 Å². The first-order chi connectivity index (χ1) is 24.6. The van der Waals surface area contributed by atoms with Gasteiger partial charge in [-0.1, -0.05) is 129 Å². The van der Waals surface area contributed by atoms with Gasteiger partial charge in [-0.3, -0.25) is 0 Å². The monoisotopic (exact) mass is 702 g/mol. The van der Waals surface area contributed by atoms with Crippen molar-refractivity contribution in [1.82, 2.24) is 0 Å². The Labute approximate surface area is 308 Å². The number of aryl methyl sites for hydroxylation is 2. The van der Waals surface area contributed by atoms with Crippen molar-refractivity contribution in [1.29, 1.82) is 10.5 Å². The maximum atomic E-state index is 9.75. The molecule has 4 rings (SSSR count). The highest BCUT2D eigenvalue weighted by Gasteiger charge is 2.18. The molecule has 0 saturated heterocycles. The van der Waals surface area contributed by atoms with E-state index < -0.39 is 0 Å². The van der Waals surface area contributed by atoms with Gasteiger partial charge in [0.1, 0.15) is 35.4 Å². The van der Waals surface area contributed by atoms with Gasteiger partial charge in [0.05, 0.1) is 4.53 Å². The fraction of sp³-hybridized carbons (Fsp3) is 0.545. The van der Waals surface area contributed by atoms with E-state index in [4.69, 9.17) is 13.1 Å². The van der Waals surface area contributed by atoms with Gasteiger partial charge >= 0.3 is 5.82 Å². The van der Waals surface area contributed by atoms with Crippen LogP contribution in [0.3, 0.4) is 0 Å². The predicted octanol–water partition coefficient (Wildman–Crippen LogP) is 13.3. The van der Waals surface area contributed by atoms with Gasteiger partial charge in [-0.15, -0.1) is 22.7 Å². The quantitative estimate of drug-likeness (QED) is 0.0604. The summed E-state index contributed by atoms with van der Waals surface area (Å²) < 4.78 is 3.77. The maximum Gasteiger partial charge on any atom is 0.536 e. The van der Waals surface area contributed by atoms with Crippen molar-refractivity contribution in [3.63, 3.8) is 0 Å². The van der Waals surface area contributed by atoms with Crippen molar-refractivity contribution in [2.75, 3.05) is 0 Å². The van der Waals surface area contributed by atoms with Crippen molar-refractivity contribution >= 4 is 65.0 Å². The Morgan fingerprint density at radius 3 is 1.26 bits per heavy atom. The smallest absolute Gasteiger partial charge is 0.192 e. The molecule has 0 amide bonds. The lowest BCUT2D eigenvalue weighted by molar-refractivity contribution is 0.556. The first-order valence-electron chi connectivity index (χ1n) is 19.3. The number of fused-ring (bicyclic) bond motifs is 5. The Bertz CT molecular complexity index is 1820. The fourth-order valence-corrected chi connectivity index (χ4v) is 9.54. The van der Waals surface area contributed by atoms with Gasteiger partial charge in [0.15, 0.2) is 0 Å². The average molecular weight is 703 g/mol. The summed E-state index contributed by atoms with van der Waals surface area (Å²) >= 11 is 3.13. The van der Waals surface area contributed by atoms with E-state index in [1.807, 2.05) is 0 Å². The van der Waals surface area contributed by atoms with Gasteiger partial charge in [-0.25, -0.2) is 0 Å². The summed E-state index contributed by atoms with van der Waals surface area (Å²) in [6.07, 6.45) is 27.7. The highest BCUT2D eigenvalue weighted by Crippen LogP contribution is 2.39. The normalized spacial score (nSPS) is 11.1. The molecular formula is C44H54N4S2. The Kier molecular flexibility index (Phi) is 16.8. The molecule has 4 nitrogen and oxygen atoms in total. The zero-order valence-corrected chi connectivity index (χ0v) is 32.1. The van der Waals surface area contributed by atoms with E-state index in [1.165, 1.54) is 132 Å². The molecule has 0 unspecified atom stereocenters. The summed E-state index contributed by atoms with van der Waals surface area (Å²) in [5.41, 5.74) is 2.71. The van der Waals surface area contributed by atoms with Crippen LogP contribution in [0.2, 0.25) is 0 Å². The maximum absolute atomic E-state index is 9.75. The van der Waals surface area contributed by atoms with Crippen LogP contribution in [0.25, 0.3) is 52.0 Å². The van der Waals surface area contributed by atoms with Gasteiger partial charge in [0, 0.05) is 20.2 Å². The highest BCUT2D eigenvalue weighted by atomic mass is 32.1. The Balaban J connectivity index is 1.64. The number of benzene rings is 2. The van der Waals surface area contributed by atoms with E-state index in [-0.39, 0.29) is 11.4 Å². The SMILES string of the molecule is [C-]#[N+]C([N+]#[C-])=c1cc2c(CCCCCCCCCCCC)cc3c(cc(CCCCCCCCCCCC)c4cc(=C(C#N)C#N)sc43)c2s1. The zero-order valence-electron chi connectivity index (χ0n) is 30.5. The summed E-state index contributed by atoms with van der Waals surface area (Å²) in [4.78, 5) is 7.14. The molecule has 0 aliphatic rings.